The third-order valence-electron chi connectivity index (χ3n) is 3.76. The molecule has 0 bridgehead atoms. The van der Waals surface area contributed by atoms with Crippen molar-refractivity contribution < 1.29 is 4.74 Å². The van der Waals surface area contributed by atoms with Crippen molar-refractivity contribution in [1.82, 2.24) is 30.2 Å². The minimum atomic E-state index is 0.511. The number of hydrogen-bond acceptors (Lipinski definition) is 5. The highest BCUT2D eigenvalue weighted by molar-refractivity contribution is 5.79. The van der Waals surface area contributed by atoms with Gasteiger partial charge < -0.3 is 15.4 Å². The molecule has 0 spiro atoms. The first kappa shape index (κ1) is 17.7. The molecule has 0 aliphatic heterocycles. The van der Waals surface area contributed by atoms with Crippen molar-refractivity contribution in [2.24, 2.45) is 4.99 Å². The van der Waals surface area contributed by atoms with Crippen molar-refractivity contribution in [2.45, 2.75) is 26.4 Å². The van der Waals surface area contributed by atoms with Crippen LogP contribution in [0, 0.1) is 0 Å². The maximum absolute atomic E-state index is 5.69. The molecule has 0 aliphatic rings. The fourth-order valence-electron chi connectivity index (χ4n) is 2.46. The molecule has 0 unspecified atom stereocenters. The Kier molecular flexibility index (Phi) is 5.97. The second-order valence-corrected chi connectivity index (χ2v) is 5.64. The van der Waals surface area contributed by atoms with E-state index in [1.165, 1.54) is 0 Å². The molecule has 8 heteroatoms. The van der Waals surface area contributed by atoms with Gasteiger partial charge in [0, 0.05) is 31.5 Å². The predicted octanol–water partition coefficient (Wildman–Crippen LogP) is 1.78. The quantitative estimate of drug-likeness (QED) is 0.497. The lowest BCUT2D eigenvalue weighted by Gasteiger charge is -2.13. The van der Waals surface area contributed by atoms with Gasteiger partial charge in [-0.1, -0.05) is 19.1 Å². The maximum Gasteiger partial charge on any atom is 0.218 e. The Labute approximate surface area is 152 Å². The number of rotatable bonds is 7. The number of ether oxygens (including phenoxy) is 1. The van der Waals surface area contributed by atoms with Gasteiger partial charge in [0.1, 0.15) is 0 Å². The molecule has 3 aromatic rings. The van der Waals surface area contributed by atoms with E-state index >= 15 is 0 Å². The summed E-state index contributed by atoms with van der Waals surface area (Å²) in [7, 11) is 1.73. The van der Waals surface area contributed by atoms with E-state index in [-0.39, 0.29) is 0 Å². The summed E-state index contributed by atoms with van der Waals surface area (Å²) in [6.07, 6.45) is 4.62. The third-order valence-corrected chi connectivity index (χ3v) is 3.76. The van der Waals surface area contributed by atoms with Gasteiger partial charge in [0.2, 0.25) is 5.88 Å². The summed E-state index contributed by atoms with van der Waals surface area (Å²) in [4.78, 5) is 8.55. The summed E-state index contributed by atoms with van der Waals surface area (Å²) in [6.45, 7) is 3.79. The van der Waals surface area contributed by atoms with Crippen LogP contribution in [-0.4, -0.2) is 39.2 Å². The first-order valence-electron chi connectivity index (χ1n) is 8.61. The highest BCUT2D eigenvalue weighted by Gasteiger charge is 2.08. The number of aliphatic imine (C=N–C) groups is 1. The molecule has 0 saturated heterocycles. The summed E-state index contributed by atoms with van der Waals surface area (Å²) in [5.74, 6) is 2.14. The minimum absolute atomic E-state index is 0.511. The molecule has 0 radical (unpaired) electrons. The van der Waals surface area contributed by atoms with Crippen LogP contribution in [0.2, 0.25) is 0 Å². The summed E-state index contributed by atoms with van der Waals surface area (Å²) >= 11 is 0. The molecule has 0 aliphatic carbocycles. The van der Waals surface area contributed by atoms with Crippen LogP contribution >= 0.6 is 0 Å². The Morgan fingerprint density at radius 2 is 2.04 bits per heavy atom. The molecule has 0 fully saturated rings. The average Bonchev–Trinajstić information content (AvgIpc) is 3.10. The van der Waals surface area contributed by atoms with Gasteiger partial charge in [0.25, 0.3) is 0 Å². The molecule has 0 amide bonds. The van der Waals surface area contributed by atoms with Crippen molar-refractivity contribution in [3.8, 4) is 5.88 Å². The maximum atomic E-state index is 5.69. The second kappa shape index (κ2) is 8.80. The van der Waals surface area contributed by atoms with E-state index in [0.29, 0.717) is 31.5 Å². The average molecular weight is 353 g/mol. The topological polar surface area (TPSA) is 88.7 Å². The van der Waals surface area contributed by atoms with Crippen molar-refractivity contribution in [2.75, 3.05) is 13.7 Å². The Balaban J connectivity index is 1.59. The zero-order valence-corrected chi connectivity index (χ0v) is 15.0. The summed E-state index contributed by atoms with van der Waals surface area (Å²) in [6, 6.07) is 9.70. The van der Waals surface area contributed by atoms with E-state index in [0.717, 1.165) is 23.5 Å². The Hall–Kier alpha value is -3.16. The first-order chi connectivity index (χ1) is 12.8. The zero-order chi connectivity index (χ0) is 18.2. The van der Waals surface area contributed by atoms with Crippen LogP contribution < -0.4 is 15.4 Å². The van der Waals surface area contributed by atoms with E-state index in [2.05, 4.69) is 37.7 Å². The molecule has 0 aromatic carbocycles. The molecular weight excluding hydrogens is 330 g/mol. The van der Waals surface area contributed by atoms with Crippen LogP contribution in [-0.2, 0) is 13.1 Å². The van der Waals surface area contributed by atoms with Crippen LogP contribution in [0.1, 0.15) is 24.7 Å². The Morgan fingerprint density at radius 1 is 1.15 bits per heavy atom. The van der Waals surface area contributed by atoms with Crippen LogP contribution in [0.5, 0.6) is 5.88 Å². The van der Waals surface area contributed by atoms with Gasteiger partial charge in [-0.05, 0) is 24.6 Å². The number of nitrogens with one attached hydrogen (secondary N) is 2. The molecule has 0 atom stereocenters. The zero-order valence-electron chi connectivity index (χ0n) is 15.0. The molecule has 3 heterocycles. The number of aromatic nitrogens is 4. The normalized spacial score (nSPS) is 11.5. The molecule has 0 saturated carbocycles. The van der Waals surface area contributed by atoms with Gasteiger partial charge in [-0.2, -0.15) is 0 Å². The number of hydrogen-bond donors (Lipinski definition) is 2. The van der Waals surface area contributed by atoms with E-state index < -0.39 is 0 Å². The first-order valence-corrected chi connectivity index (χ1v) is 8.61. The molecule has 2 N–H and O–H groups in total. The van der Waals surface area contributed by atoms with Crippen LogP contribution in [0.15, 0.2) is 47.7 Å². The largest absolute Gasteiger partial charge is 0.477 e. The van der Waals surface area contributed by atoms with E-state index in [1.807, 2.05) is 40.9 Å². The standard InChI is InChI=1S/C18H23N7O/c1-3-11-26-17-14(7-6-9-20-17)12-21-18(19-2)22-13-16-24-23-15-8-4-5-10-25(15)16/h4-10H,3,11-13H2,1-2H3,(H2,19,21,22). The number of pyridine rings is 2. The summed E-state index contributed by atoms with van der Waals surface area (Å²) in [5.41, 5.74) is 1.80. The SMILES string of the molecule is CCCOc1ncccc1CNC(=NC)NCc1nnc2ccccn12. The highest BCUT2D eigenvalue weighted by atomic mass is 16.5. The molecule has 3 rings (SSSR count). The fourth-order valence-corrected chi connectivity index (χ4v) is 2.46. The monoisotopic (exact) mass is 353 g/mol. The van der Waals surface area contributed by atoms with E-state index in [1.54, 1.807) is 13.2 Å². The smallest absolute Gasteiger partial charge is 0.218 e. The van der Waals surface area contributed by atoms with Gasteiger partial charge in [0.05, 0.1) is 13.2 Å². The van der Waals surface area contributed by atoms with Crippen molar-refractivity contribution >= 4 is 11.6 Å². The van der Waals surface area contributed by atoms with Gasteiger partial charge in [-0.15, -0.1) is 10.2 Å². The predicted molar refractivity (Wildman–Crippen MR) is 100 cm³/mol. The lowest BCUT2D eigenvalue weighted by Crippen LogP contribution is -2.36. The molecule has 8 nitrogen and oxygen atoms in total. The molecular formula is C18H23N7O. The van der Waals surface area contributed by atoms with Gasteiger partial charge in [-0.3, -0.25) is 9.39 Å². The molecule has 26 heavy (non-hydrogen) atoms. The van der Waals surface area contributed by atoms with Gasteiger partial charge >= 0.3 is 0 Å². The van der Waals surface area contributed by atoms with Crippen LogP contribution in [0.25, 0.3) is 5.65 Å². The van der Waals surface area contributed by atoms with Gasteiger partial charge in [0.15, 0.2) is 17.4 Å². The lowest BCUT2D eigenvalue weighted by molar-refractivity contribution is 0.301. The van der Waals surface area contributed by atoms with Crippen LogP contribution in [0.4, 0.5) is 0 Å². The van der Waals surface area contributed by atoms with E-state index in [9.17, 15) is 0 Å². The van der Waals surface area contributed by atoms with Crippen molar-refractivity contribution in [1.29, 1.82) is 0 Å². The molecule has 3 aromatic heterocycles. The van der Waals surface area contributed by atoms with Crippen LogP contribution in [0.3, 0.4) is 0 Å². The molecule has 136 valence electrons. The Bertz CT molecular complexity index is 875. The fraction of sp³-hybridized carbons (Fsp3) is 0.333. The summed E-state index contributed by atoms with van der Waals surface area (Å²) in [5, 5.41) is 14.9. The van der Waals surface area contributed by atoms with Gasteiger partial charge in [-0.25, -0.2) is 4.98 Å². The Morgan fingerprint density at radius 3 is 2.88 bits per heavy atom. The second-order valence-electron chi connectivity index (χ2n) is 5.64. The number of nitrogens with zero attached hydrogens (tertiary/aromatic N) is 5. The number of fused-ring (bicyclic) bond motifs is 1. The summed E-state index contributed by atoms with van der Waals surface area (Å²) < 4.78 is 7.63. The highest BCUT2D eigenvalue weighted by Crippen LogP contribution is 2.14. The number of guanidine groups is 1. The van der Waals surface area contributed by atoms with Crippen molar-refractivity contribution in [3.63, 3.8) is 0 Å². The lowest BCUT2D eigenvalue weighted by atomic mass is 10.2. The van der Waals surface area contributed by atoms with E-state index in [4.69, 9.17) is 4.74 Å². The third kappa shape index (κ3) is 4.27. The van der Waals surface area contributed by atoms with Crippen molar-refractivity contribution in [3.05, 3.63) is 54.1 Å². The minimum Gasteiger partial charge on any atom is -0.477 e.